The van der Waals surface area contributed by atoms with Gasteiger partial charge in [0.15, 0.2) is 5.13 Å². The maximum absolute atomic E-state index is 13.6. The molecule has 5 heteroatoms. The molecule has 4 aliphatic rings. The minimum atomic E-state index is -0.238. The standard InChI is InChI=1S/C24H23BrN2OS/c25-18-6-7-19-20(9-18)29-22(26-19)27-21(28)24-12-15-8-16(13-24)11-23(10-15,14-24)17-4-2-1-3-5-17/h1-7,9,15-16H,8,10-14H2,(H,26,27,28)/t15-,16-,23?,24?/m0/s1. The van der Waals surface area contributed by atoms with Crippen molar-refractivity contribution in [3.8, 4) is 0 Å². The Morgan fingerprint density at radius 1 is 1.07 bits per heavy atom. The van der Waals surface area contributed by atoms with Crippen LogP contribution >= 0.6 is 27.3 Å². The van der Waals surface area contributed by atoms with Crippen LogP contribution in [0.3, 0.4) is 0 Å². The molecule has 0 unspecified atom stereocenters. The predicted molar refractivity (Wildman–Crippen MR) is 121 cm³/mol. The summed E-state index contributed by atoms with van der Waals surface area (Å²) in [5.74, 6) is 1.55. The van der Waals surface area contributed by atoms with Crippen molar-refractivity contribution >= 4 is 48.5 Å². The van der Waals surface area contributed by atoms with Crippen LogP contribution in [0, 0.1) is 17.3 Å². The Morgan fingerprint density at radius 3 is 2.59 bits per heavy atom. The molecule has 4 saturated carbocycles. The lowest BCUT2D eigenvalue weighted by Crippen LogP contribution is -2.57. The SMILES string of the molecule is O=C(Nc1nc2ccc(Br)cc2s1)C12C[C@H]3C[C@H](C1)CC(c1ccccc1)(C3)C2. The summed E-state index contributed by atoms with van der Waals surface area (Å²) < 4.78 is 2.14. The Hall–Kier alpha value is -1.72. The summed E-state index contributed by atoms with van der Waals surface area (Å²) in [6.07, 6.45) is 6.87. The Bertz CT molecular complexity index is 1090. The van der Waals surface area contributed by atoms with Crippen LogP contribution in [0.1, 0.15) is 44.1 Å². The van der Waals surface area contributed by atoms with Crippen molar-refractivity contribution in [1.82, 2.24) is 4.98 Å². The summed E-state index contributed by atoms with van der Waals surface area (Å²) in [5.41, 5.74) is 2.33. The van der Waals surface area contributed by atoms with Gasteiger partial charge in [-0.05, 0) is 79.5 Å². The van der Waals surface area contributed by atoms with E-state index in [-0.39, 0.29) is 16.7 Å². The highest BCUT2D eigenvalue weighted by atomic mass is 79.9. The molecular weight excluding hydrogens is 444 g/mol. The van der Waals surface area contributed by atoms with Gasteiger partial charge in [-0.15, -0.1) is 0 Å². The van der Waals surface area contributed by atoms with Crippen molar-refractivity contribution in [1.29, 1.82) is 0 Å². The third-order valence-corrected chi connectivity index (χ3v) is 8.93. The monoisotopic (exact) mass is 466 g/mol. The highest BCUT2D eigenvalue weighted by Gasteiger charge is 2.60. The molecular formula is C24H23BrN2OS. The van der Waals surface area contributed by atoms with E-state index in [2.05, 4.69) is 62.6 Å². The van der Waals surface area contributed by atoms with Crippen molar-refractivity contribution in [3.05, 3.63) is 58.6 Å². The van der Waals surface area contributed by atoms with E-state index in [1.165, 1.54) is 24.8 Å². The number of nitrogens with zero attached hydrogens (tertiary/aromatic N) is 1. The second kappa shape index (κ2) is 6.39. The summed E-state index contributed by atoms with van der Waals surface area (Å²) in [5, 5.41) is 3.96. The van der Waals surface area contributed by atoms with Crippen LogP contribution in [0.15, 0.2) is 53.0 Å². The third kappa shape index (κ3) is 2.89. The Labute approximate surface area is 183 Å². The number of thiazole rings is 1. The number of benzene rings is 2. The molecule has 4 aliphatic carbocycles. The van der Waals surface area contributed by atoms with Gasteiger partial charge < -0.3 is 5.32 Å². The molecule has 29 heavy (non-hydrogen) atoms. The molecule has 1 aromatic heterocycles. The first kappa shape index (κ1) is 18.1. The zero-order chi connectivity index (χ0) is 19.6. The molecule has 0 radical (unpaired) electrons. The smallest absolute Gasteiger partial charge is 0.232 e. The molecule has 2 atom stereocenters. The summed E-state index contributed by atoms with van der Waals surface area (Å²) >= 11 is 5.09. The van der Waals surface area contributed by atoms with E-state index in [0.29, 0.717) is 11.8 Å². The van der Waals surface area contributed by atoms with Crippen LogP contribution in [-0.4, -0.2) is 10.9 Å². The minimum Gasteiger partial charge on any atom is -0.301 e. The molecule has 148 valence electrons. The topological polar surface area (TPSA) is 42.0 Å². The average molecular weight is 467 g/mol. The molecule has 3 aromatic rings. The van der Waals surface area contributed by atoms with Gasteiger partial charge in [-0.25, -0.2) is 4.98 Å². The third-order valence-electron chi connectivity index (χ3n) is 7.50. The fourth-order valence-corrected chi connectivity index (χ4v) is 8.25. The summed E-state index contributed by atoms with van der Waals surface area (Å²) in [7, 11) is 0. The summed E-state index contributed by atoms with van der Waals surface area (Å²) in [6.45, 7) is 0. The molecule has 4 fully saturated rings. The van der Waals surface area contributed by atoms with E-state index in [1.54, 1.807) is 11.3 Å². The van der Waals surface area contributed by atoms with Gasteiger partial charge in [-0.2, -0.15) is 0 Å². The highest BCUT2D eigenvalue weighted by molar-refractivity contribution is 9.10. The van der Waals surface area contributed by atoms with E-state index in [9.17, 15) is 4.79 Å². The number of carbonyl (C=O) groups is 1. The molecule has 0 saturated heterocycles. The van der Waals surface area contributed by atoms with Gasteiger partial charge in [0.05, 0.1) is 15.6 Å². The van der Waals surface area contributed by atoms with Crippen LogP contribution in [0.4, 0.5) is 5.13 Å². The fraction of sp³-hybridized carbons (Fsp3) is 0.417. The van der Waals surface area contributed by atoms with Gasteiger partial charge in [0.25, 0.3) is 0 Å². The molecule has 1 heterocycles. The molecule has 3 nitrogen and oxygen atoms in total. The van der Waals surface area contributed by atoms with Gasteiger partial charge in [0, 0.05) is 4.47 Å². The summed E-state index contributed by atoms with van der Waals surface area (Å²) in [4.78, 5) is 18.3. The van der Waals surface area contributed by atoms with Crippen molar-refractivity contribution in [3.63, 3.8) is 0 Å². The zero-order valence-corrected chi connectivity index (χ0v) is 18.6. The van der Waals surface area contributed by atoms with Crippen LogP contribution in [0.25, 0.3) is 10.2 Å². The van der Waals surface area contributed by atoms with Gasteiger partial charge in [-0.1, -0.05) is 57.6 Å². The second-order valence-corrected chi connectivity index (χ2v) is 11.4. The number of carbonyl (C=O) groups excluding carboxylic acids is 1. The lowest BCUT2D eigenvalue weighted by molar-refractivity contribution is -0.143. The first-order valence-electron chi connectivity index (χ1n) is 10.5. The van der Waals surface area contributed by atoms with Crippen LogP contribution in [-0.2, 0) is 10.2 Å². The Morgan fingerprint density at radius 2 is 1.83 bits per heavy atom. The molecule has 1 amide bonds. The predicted octanol–water partition coefficient (Wildman–Crippen LogP) is 6.54. The van der Waals surface area contributed by atoms with E-state index >= 15 is 0 Å². The summed E-state index contributed by atoms with van der Waals surface area (Å²) in [6, 6.07) is 17.0. The first-order valence-corrected chi connectivity index (χ1v) is 12.1. The van der Waals surface area contributed by atoms with Gasteiger partial charge >= 0.3 is 0 Å². The lowest BCUT2D eigenvalue weighted by Gasteiger charge is -2.61. The van der Waals surface area contributed by atoms with Gasteiger partial charge in [0.1, 0.15) is 0 Å². The van der Waals surface area contributed by atoms with Gasteiger partial charge in [-0.3, -0.25) is 4.79 Å². The van der Waals surface area contributed by atoms with Crippen molar-refractivity contribution < 1.29 is 4.79 Å². The normalized spacial score (nSPS) is 32.6. The van der Waals surface area contributed by atoms with E-state index in [4.69, 9.17) is 0 Å². The van der Waals surface area contributed by atoms with E-state index < -0.39 is 0 Å². The molecule has 0 aliphatic heterocycles. The van der Waals surface area contributed by atoms with Crippen LogP contribution in [0.2, 0.25) is 0 Å². The number of aromatic nitrogens is 1. The molecule has 2 aromatic carbocycles. The number of hydrogen-bond donors (Lipinski definition) is 1. The molecule has 7 rings (SSSR count). The maximum Gasteiger partial charge on any atom is 0.232 e. The Balaban J connectivity index is 1.33. The van der Waals surface area contributed by atoms with Crippen molar-refractivity contribution in [2.24, 2.45) is 17.3 Å². The molecule has 4 bridgehead atoms. The van der Waals surface area contributed by atoms with Crippen LogP contribution < -0.4 is 5.32 Å². The van der Waals surface area contributed by atoms with Crippen molar-refractivity contribution in [2.45, 2.75) is 43.9 Å². The highest BCUT2D eigenvalue weighted by Crippen LogP contribution is 2.66. The number of hydrogen-bond acceptors (Lipinski definition) is 3. The van der Waals surface area contributed by atoms with Crippen molar-refractivity contribution in [2.75, 3.05) is 5.32 Å². The number of rotatable bonds is 3. The number of amides is 1. The average Bonchev–Trinajstić information content (AvgIpc) is 3.09. The Kier molecular flexibility index (Phi) is 3.98. The van der Waals surface area contributed by atoms with E-state index in [1.807, 2.05) is 12.1 Å². The number of halogens is 1. The first-order chi connectivity index (χ1) is 14.0. The quantitative estimate of drug-likeness (QED) is 0.476. The largest absolute Gasteiger partial charge is 0.301 e. The number of anilines is 1. The lowest BCUT2D eigenvalue weighted by atomic mass is 9.42. The minimum absolute atomic E-state index is 0.182. The van der Waals surface area contributed by atoms with Crippen LogP contribution in [0.5, 0.6) is 0 Å². The molecule has 1 N–H and O–H groups in total. The fourth-order valence-electron chi connectivity index (χ4n) is 6.84. The number of fused-ring (bicyclic) bond motifs is 1. The van der Waals surface area contributed by atoms with E-state index in [0.717, 1.165) is 39.1 Å². The number of nitrogens with one attached hydrogen (secondary N) is 1. The zero-order valence-electron chi connectivity index (χ0n) is 16.2. The van der Waals surface area contributed by atoms with Gasteiger partial charge in [0.2, 0.25) is 5.91 Å². The molecule has 0 spiro atoms. The maximum atomic E-state index is 13.6. The second-order valence-electron chi connectivity index (χ2n) is 9.47.